The molecule has 3 amide bonds. The lowest BCUT2D eigenvalue weighted by molar-refractivity contribution is -0.118. The van der Waals surface area contributed by atoms with Crippen molar-refractivity contribution in [3.05, 3.63) is 23.8 Å². The van der Waals surface area contributed by atoms with Gasteiger partial charge in [0, 0.05) is 6.61 Å². The lowest BCUT2D eigenvalue weighted by atomic mass is 10.1. The molecule has 1 saturated heterocycles. The van der Waals surface area contributed by atoms with Crippen molar-refractivity contribution in [3.63, 3.8) is 0 Å². The van der Waals surface area contributed by atoms with Crippen LogP contribution in [0.1, 0.15) is 38.3 Å². The van der Waals surface area contributed by atoms with Gasteiger partial charge >= 0.3 is 6.03 Å². The number of carbonyl (C=O) groups excluding carboxylic acids is 2. The molecule has 2 heterocycles. The topological polar surface area (TPSA) is 88.7 Å². The Morgan fingerprint density at radius 3 is 2.92 bits per heavy atom. The molecule has 0 saturated carbocycles. The molecule has 7 heteroatoms. The van der Waals surface area contributed by atoms with Gasteiger partial charge in [-0.1, -0.05) is 6.07 Å². The predicted octanol–water partition coefficient (Wildman–Crippen LogP) is 1.95. The summed E-state index contributed by atoms with van der Waals surface area (Å²) >= 11 is 0. The van der Waals surface area contributed by atoms with Crippen LogP contribution in [0.5, 0.6) is 5.75 Å². The van der Waals surface area contributed by atoms with Gasteiger partial charge < -0.3 is 25.4 Å². The maximum atomic E-state index is 12.2. The number of amides is 3. The van der Waals surface area contributed by atoms with Gasteiger partial charge in [-0.2, -0.15) is 0 Å². The molecule has 3 N–H and O–H groups in total. The van der Waals surface area contributed by atoms with Gasteiger partial charge in [0.2, 0.25) is 0 Å². The summed E-state index contributed by atoms with van der Waals surface area (Å²) in [6.45, 7) is 4.64. The molecule has 0 aromatic heterocycles. The van der Waals surface area contributed by atoms with Gasteiger partial charge in [0.05, 0.1) is 23.9 Å². The molecule has 0 spiro atoms. The van der Waals surface area contributed by atoms with E-state index in [1.54, 1.807) is 6.07 Å². The highest BCUT2D eigenvalue weighted by atomic mass is 16.5. The Morgan fingerprint density at radius 2 is 2.17 bits per heavy atom. The summed E-state index contributed by atoms with van der Waals surface area (Å²) in [6, 6.07) is 5.03. The van der Waals surface area contributed by atoms with Crippen LogP contribution in [0, 0.1) is 0 Å². The van der Waals surface area contributed by atoms with Crippen LogP contribution in [0.3, 0.4) is 0 Å². The number of benzene rings is 1. The summed E-state index contributed by atoms with van der Waals surface area (Å²) in [5.41, 5.74) is 1.52. The van der Waals surface area contributed by atoms with E-state index in [-0.39, 0.29) is 36.7 Å². The monoisotopic (exact) mass is 333 g/mol. The SMILES string of the molecule is C[C@H](NC(=O)N[C@@H](C)[C@H]1CCCO1)c1ccc2c(c1)NC(=O)CO2. The van der Waals surface area contributed by atoms with E-state index in [2.05, 4.69) is 16.0 Å². The lowest BCUT2D eigenvalue weighted by Crippen LogP contribution is -2.46. The van der Waals surface area contributed by atoms with E-state index >= 15 is 0 Å². The van der Waals surface area contributed by atoms with Crippen molar-refractivity contribution in [3.8, 4) is 5.75 Å². The van der Waals surface area contributed by atoms with Gasteiger partial charge in [0.15, 0.2) is 6.61 Å². The largest absolute Gasteiger partial charge is 0.482 e. The van der Waals surface area contributed by atoms with E-state index in [4.69, 9.17) is 9.47 Å². The second-order valence-corrected chi connectivity index (χ2v) is 6.27. The van der Waals surface area contributed by atoms with Gasteiger partial charge in [-0.15, -0.1) is 0 Å². The molecule has 0 bridgehead atoms. The number of carbonyl (C=O) groups is 2. The minimum absolute atomic E-state index is 0.0314. The third-order valence-electron chi connectivity index (χ3n) is 4.37. The first-order valence-corrected chi connectivity index (χ1v) is 8.28. The minimum Gasteiger partial charge on any atom is -0.482 e. The Hall–Kier alpha value is -2.28. The molecule has 0 unspecified atom stereocenters. The fourth-order valence-electron chi connectivity index (χ4n) is 2.99. The van der Waals surface area contributed by atoms with Gasteiger partial charge in [-0.25, -0.2) is 4.79 Å². The molecule has 1 fully saturated rings. The maximum absolute atomic E-state index is 12.2. The van der Waals surface area contributed by atoms with Crippen molar-refractivity contribution in [1.29, 1.82) is 0 Å². The summed E-state index contributed by atoms with van der Waals surface area (Å²) in [7, 11) is 0. The Morgan fingerprint density at radius 1 is 1.33 bits per heavy atom. The average molecular weight is 333 g/mol. The van der Waals surface area contributed by atoms with Crippen LogP contribution in [-0.2, 0) is 9.53 Å². The van der Waals surface area contributed by atoms with Gasteiger partial charge in [-0.3, -0.25) is 4.79 Å². The number of fused-ring (bicyclic) bond motifs is 1. The maximum Gasteiger partial charge on any atom is 0.315 e. The van der Waals surface area contributed by atoms with E-state index in [1.165, 1.54) is 0 Å². The summed E-state index contributed by atoms with van der Waals surface area (Å²) in [5, 5.41) is 8.60. The van der Waals surface area contributed by atoms with Crippen LogP contribution < -0.4 is 20.7 Å². The Balaban J connectivity index is 1.58. The molecule has 0 aliphatic carbocycles. The van der Waals surface area contributed by atoms with Crippen molar-refractivity contribution in [2.24, 2.45) is 0 Å². The Kier molecular flexibility index (Phi) is 4.89. The first kappa shape index (κ1) is 16.6. The average Bonchev–Trinajstić information content (AvgIpc) is 3.08. The quantitative estimate of drug-likeness (QED) is 0.786. The number of hydrogen-bond acceptors (Lipinski definition) is 4. The minimum atomic E-state index is -0.233. The van der Waals surface area contributed by atoms with Crippen molar-refractivity contribution in [2.45, 2.75) is 44.9 Å². The van der Waals surface area contributed by atoms with Crippen LogP contribution in [0.15, 0.2) is 18.2 Å². The third-order valence-corrected chi connectivity index (χ3v) is 4.37. The molecule has 130 valence electrons. The standard InChI is InChI=1S/C17H23N3O4/c1-10(18-17(22)19-11(2)14-4-3-7-23-14)12-5-6-15-13(8-12)20-16(21)9-24-15/h5-6,8,10-11,14H,3-4,7,9H2,1-2H3,(H,20,21)(H2,18,19,22)/t10-,11-,14+/m0/s1. The van der Waals surface area contributed by atoms with E-state index in [0.717, 1.165) is 25.0 Å². The van der Waals surface area contributed by atoms with Crippen molar-refractivity contribution < 1.29 is 19.1 Å². The zero-order valence-corrected chi connectivity index (χ0v) is 13.9. The third kappa shape index (κ3) is 3.79. The molecular weight excluding hydrogens is 310 g/mol. The highest BCUT2D eigenvalue weighted by Gasteiger charge is 2.24. The second kappa shape index (κ2) is 7.09. The summed E-state index contributed by atoms with van der Waals surface area (Å²) < 4.78 is 10.9. The molecule has 3 atom stereocenters. The highest BCUT2D eigenvalue weighted by molar-refractivity contribution is 5.95. The molecule has 1 aromatic carbocycles. The first-order chi connectivity index (χ1) is 11.5. The number of nitrogens with one attached hydrogen (secondary N) is 3. The fourth-order valence-corrected chi connectivity index (χ4v) is 2.99. The molecule has 1 aromatic rings. The molecule has 0 radical (unpaired) electrons. The molecule has 7 nitrogen and oxygen atoms in total. The Labute approximate surface area is 141 Å². The van der Waals surface area contributed by atoms with Crippen LogP contribution in [0.2, 0.25) is 0 Å². The van der Waals surface area contributed by atoms with E-state index in [0.29, 0.717) is 11.4 Å². The van der Waals surface area contributed by atoms with Crippen LogP contribution >= 0.6 is 0 Å². The molecule has 24 heavy (non-hydrogen) atoms. The van der Waals surface area contributed by atoms with Crippen LogP contribution in [0.25, 0.3) is 0 Å². The van der Waals surface area contributed by atoms with E-state index in [9.17, 15) is 9.59 Å². The van der Waals surface area contributed by atoms with Crippen LogP contribution in [0.4, 0.5) is 10.5 Å². The number of hydrogen-bond donors (Lipinski definition) is 3. The number of urea groups is 1. The second-order valence-electron chi connectivity index (χ2n) is 6.27. The van der Waals surface area contributed by atoms with E-state index < -0.39 is 0 Å². The summed E-state index contributed by atoms with van der Waals surface area (Å²) in [6.07, 6.45) is 2.10. The van der Waals surface area contributed by atoms with Gasteiger partial charge in [0.1, 0.15) is 5.75 Å². The number of rotatable bonds is 4. The molecule has 3 rings (SSSR count). The van der Waals surface area contributed by atoms with Crippen LogP contribution in [-0.4, -0.2) is 37.3 Å². The zero-order valence-electron chi connectivity index (χ0n) is 13.9. The van der Waals surface area contributed by atoms with Gasteiger partial charge in [-0.05, 0) is 44.4 Å². The fraction of sp³-hybridized carbons (Fsp3) is 0.529. The number of anilines is 1. The lowest BCUT2D eigenvalue weighted by Gasteiger charge is -2.23. The molecular formula is C17H23N3O4. The zero-order chi connectivity index (χ0) is 17.1. The smallest absolute Gasteiger partial charge is 0.315 e. The number of ether oxygens (including phenoxy) is 2. The summed E-state index contributed by atoms with van der Waals surface area (Å²) in [4.78, 5) is 23.6. The Bertz CT molecular complexity index is 628. The molecule has 2 aliphatic rings. The summed E-state index contributed by atoms with van der Waals surface area (Å²) in [5.74, 6) is 0.463. The van der Waals surface area contributed by atoms with Gasteiger partial charge in [0.25, 0.3) is 5.91 Å². The van der Waals surface area contributed by atoms with Crippen molar-refractivity contribution in [2.75, 3.05) is 18.5 Å². The van der Waals surface area contributed by atoms with E-state index in [1.807, 2.05) is 26.0 Å². The normalized spacial score (nSPS) is 21.9. The first-order valence-electron chi connectivity index (χ1n) is 8.28. The highest BCUT2D eigenvalue weighted by Crippen LogP contribution is 2.30. The van der Waals surface area contributed by atoms with Crippen molar-refractivity contribution in [1.82, 2.24) is 10.6 Å². The predicted molar refractivity (Wildman–Crippen MR) is 89.1 cm³/mol. The molecule has 2 aliphatic heterocycles. The van der Waals surface area contributed by atoms with Crippen molar-refractivity contribution >= 4 is 17.6 Å².